The molecule has 1 saturated heterocycles. The molecule has 0 radical (unpaired) electrons. The maximum absolute atomic E-state index is 7.01. The molecule has 0 aliphatic carbocycles. The Balaban J connectivity index is 2.39. The van der Waals surface area contributed by atoms with E-state index in [1.54, 1.807) is 0 Å². The van der Waals surface area contributed by atoms with E-state index in [0.29, 0.717) is 0 Å². The SMILES string of the molecule is CC(C)(C)N1C(Cl)(Cl)N(C(C)(C)C)C1(c1ccccc1)c1ccccc1. The van der Waals surface area contributed by atoms with Crippen molar-refractivity contribution in [3.8, 4) is 0 Å². The van der Waals surface area contributed by atoms with Gasteiger partial charge in [-0.05, 0) is 52.7 Å². The minimum Gasteiger partial charge on any atom is -0.227 e. The second-order valence-electron chi connectivity index (χ2n) is 8.93. The maximum Gasteiger partial charge on any atom is 0.234 e. The lowest BCUT2D eigenvalue weighted by Gasteiger charge is -2.74. The van der Waals surface area contributed by atoms with E-state index in [4.69, 9.17) is 23.2 Å². The smallest absolute Gasteiger partial charge is 0.227 e. The van der Waals surface area contributed by atoms with Crippen molar-refractivity contribution in [2.24, 2.45) is 0 Å². The average molecular weight is 391 g/mol. The van der Waals surface area contributed by atoms with Crippen LogP contribution in [-0.4, -0.2) is 25.5 Å². The second-order valence-corrected chi connectivity index (χ2v) is 10.2. The van der Waals surface area contributed by atoms with Crippen LogP contribution in [0.2, 0.25) is 0 Å². The van der Waals surface area contributed by atoms with Crippen molar-refractivity contribution in [3.05, 3.63) is 71.8 Å². The molecular weight excluding hydrogens is 363 g/mol. The third kappa shape index (κ3) is 2.79. The Morgan fingerprint density at radius 1 is 0.615 bits per heavy atom. The minimum absolute atomic E-state index is 0.253. The van der Waals surface area contributed by atoms with Gasteiger partial charge in [0, 0.05) is 11.1 Å². The lowest BCUT2D eigenvalue weighted by atomic mass is 9.78. The molecule has 4 heteroatoms. The fraction of sp³-hybridized carbons (Fsp3) is 0.455. The molecule has 0 spiro atoms. The van der Waals surface area contributed by atoms with Gasteiger partial charge in [0.25, 0.3) is 0 Å². The Morgan fingerprint density at radius 3 is 1.19 bits per heavy atom. The zero-order valence-corrected chi connectivity index (χ0v) is 17.9. The highest BCUT2D eigenvalue weighted by Crippen LogP contribution is 2.64. The van der Waals surface area contributed by atoms with Gasteiger partial charge in [-0.25, -0.2) is 9.80 Å². The molecule has 2 aromatic carbocycles. The van der Waals surface area contributed by atoms with Crippen molar-refractivity contribution < 1.29 is 0 Å². The Bertz CT molecular complexity index is 693. The monoisotopic (exact) mass is 390 g/mol. The molecule has 0 unspecified atom stereocenters. The number of benzene rings is 2. The van der Waals surface area contributed by atoms with Crippen LogP contribution >= 0.6 is 23.2 Å². The first-order valence-electron chi connectivity index (χ1n) is 9.04. The molecule has 0 amide bonds. The van der Waals surface area contributed by atoms with E-state index in [2.05, 4.69) is 99.9 Å². The number of rotatable bonds is 2. The van der Waals surface area contributed by atoms with Gasteiger partial charge in [-0.3, -0.25) is 0 Å². The third-order valence-electron chi connectivity index (χ3n) is 4.88. The minimum atomic E-state index is -1.12. The first-order chi connectivity index (χ1) is 11.9. The standard InChI is InChI=1S/C22H28Cl2N2/c1-19(2,3)25-21(17-13-9-7-10-14-17,18-15-11-8-12-16-18)26(20(4,5)6)22(25,23)24/h7-16H,1-6H3. The highest BCUT2D eigenvalue weighted by Gasteiger charge is 2.73. The number of hydrogen-bond donors (Lipinski definition) is 0. The fourth-order valence-electron chi connectivity index (χ4n) is 4.35. The maximum atomic E-state index is 7.01. The van der Waals surface area contributed by atoms with Crippen molar-refractivity contribution in [2.75, 3.05) is 0 Å². The van der Waals surface area contributed by atoms with E-state index in [1.165, 1.54) is 0 Å². The lowest BCUT2D eigenvalue weighted by Crippen LogP contribution is -2.87. The Labute approximate surface area is 167 Å². The van der Waals surface area contributed by atoms with Gasteiger partial charge in [0.05, 0.1) is 0 Å². The van der Waals surface area contributed by atoms with Crippen molar-refractivity contribution in [3.63, 3.8) is 0 Å². The summed E-state index contributed by atoms with van der Waals surface area (Å²) < 4.78 is -1.12. The molecule has 0 bridgehead atoms. The molecule has 3 rings (SSSR count). The van der Waals surface area contributed by atoms with E-state index >= 15 is 0 Å². The molecule has 2 aromatic rings. The van der Waals surface area contributed by atoms with Gasteiger partial charge in [0.1, 0.15) is 5.66 Å². The van der Waals surface area contributed by atoms with Gasteiger partial charge in [-0.15, -0.1) is 0 Å². The molecular formula is C22H28Cl2N2. The lowest BCUT2D eigenvalue weighted by molar-refractivity contribution is -0.290. The Morgan fingerprint density at radius 2 is 0.923 bits per heavy atom. The summed E-state index contributed by atoms with van der Waals surface area (Å²) in [4.78, 5) is 4.43. The molecule has 0 N–H and O–H groups in total. The van der Waals surface area contributed by atoms with Crippen LogP contribution in [0.1, 0.15) is 52.7 Å². The zero-order valence-electron chi connectivity index (χ0n) is 16.4. The molecule has 26 heavy (non-hydrogen) atoms. The van der Waals surface area contributed by atoms with Crippen LogP contribution in [-0.2, 0) is 5.66 Å². The summed E-state index contributed by atoms with van der Waals surface area (Å²) in [5, 5.41) is 0. The normalized spacial score (nSPS) is 20.6. The molecule has 1 aliphatic rings. The van der Waals surface area contributed by atoms with Gasteiger partial charge in [0.2, 0.25) is 4.58 Å². The molecule has 0 aromatic heterocycles. The van der Waals surface area contributed by atoms with Crippen LogP contribution in [0.15, 0.2) is 60.7 Å². The summed E-state index contributed by atoms with van der Waals surface area (Å²) in [5.41, 5.74) is 1.26. The van der Waals surface area contributed by atoms with Gasteiger partial charge >= 0.3 is 0 Å². The molecule has 140 valence electrons. The van der Waals surface area contributed by atoms with E-state index < -0.39 is 10.2 Å². The topological polar surface area (TPSA) is 6.48 Å². The molecule has 0 saturated carbocycles. The van der Waals surface area contributed by atoms with E-state index in [-0.39, 0.29) is 11.1 Å². The second kappa shape index (κ2) is 6.24. The van der Waals surface area contributed by atoms with Crippen LogP contribution in [0.25, 0.3) is 0 Å². The van der Waals surface area contributed by atoms with Crippen LogP contribution in [0.5, 0.6) is 0 Å². The van der Waals surface area contributed by atoms with Crippen LogP contribution < -0.4 is 0 Å². The predicted octanol–water partition coefficient (Wildman–Crippen LogP) is 6.19. The van der Waals surface area contributed by atoms with Crippen molar-refractivity contribution in [1.29, 1.82) is 0 Å². The highest BCUT2D eigenvalue weighted by molar-refractivity contribution is 6.48. The summed E-state index contributed by atoms with van der Waals surface area (Å²) in [6.45, 7) is 13.0. The summed E-state index contributed by atoms with van der Waals surface area (Å²) in [7, 11) is 0. The zero-order chi connectivity index (χ0) is 19.4. The largest absolute Gasteiger partial charge is 0.234 e. The number of nitrogens with zero attached hydrogens (tertiary/aromatic N) is 2. The summed E-state index contributed by atoms with van der Waals surface area (Å²) in [6.07, 6.45) is 0. The van der Waals surface area contributed by atoms with Gasteiger partial charge in [-0.1, -0.05) is 83.9 Å². The number of halogens is 2. The first kappa shape index (κ1) is 19.7. The van der Waals surface area contributed by atoms with Gasteiger partial charge in [0.15, 0.2) is 0 Å². The summed E-state index contributed by atoms with van der Waals surface area (Å²) in [6, 6.07) is 21.0. The third-order valence-corrected chi connectivity index (χ3v) is 5.56. The molecule has 2 nitrogen and oxygen atoms in total. The van der Waals surface area contributed by atoms with Crippen LogP contribution in [0.3, 0.4) is 0 Å². The first-order valence-corrected chi connectivity index (χ1v) is 9.80. The van der Waals surface area contributed by atoms with Crippen molar-refractivity contribution >= 4 is 23.2 Å². The van der Waals surface area contributed by atoms with Gasteiger partial charge < -0.3 is 0 Å². The number of alkyl halides is 2. The molecule has 0 atom stereocenters. The van der Waals surface area contributed by atoms with Crippen LogP contribution in [0.4, 0.5) is 0 Å². The quantitative estimate of drug-likeness (QED) is 0.445. The summed E-state index contributed by atoms with van der Waals surface area (Å²) in [5.74, 6) is 0. The van der Waals surface area contributed by atoms with Crippen molar-refractivity contribution in [1.82, 2.24) is 9.80 Å². The average Bonchev–Trinajstić information content (AvgIpc) is 2.51. The van der Waals surface area contributed by atoms with E-state index in [9.17, 15) is 0 Å². The molecule has 1 aliphatic heterocycles. The Hall–Kier alpha value is -1.06. The number of hydrogen-bond acceptors (Lipinski definition) is 2. The highest BCUT2D eigenvalue weighted by atomic mass is 35.5. The molecule has 1 heterocycles. The Kier molecular flexibility index (Phi) is 4.73. The van der Waals surface area contributed by atoms with Crippen LogP contribution in [0, 0.1) is 0 Å². The molecule has 1 fully saturated rings. The van der Waals surface area contributed by atoms with Gasteiger partial charge in [-0.2, -0.15) is 0 Å². The van der Waals surface area contributed by atoms with E-state index in [0.717, 1.165) is 11.1 Å². The summed E-state index contributed by atoms with van der Waals surface area (Å²) >= 11 is 14.0. The van der Waals surface area contributed by atoms with E-state index in [1.807, 2.05) is 12.1 Å². The fourth-order valence-corrected chi connectivity index (χ4v) is 5.85. The predicted molar refractivity (Wildman–Crippen MR) is 111 cm³/mol. The van der Waals surface area contributed by atoms with Crippen molar-refractivity contribution in [2.45, 2.75) is 62.9 Å².